The molecular formula is C29H37NO3. The van der Waals surface area contributed by atoms with Crippen molar-refractivity contribution in [3.05, 3.63) is 65.2 Å². The Kier molecular flexibility index (Phi) is 6.09. The molecule has 0 radical (unpaired) electrons. The Balaban J connectivity index is 1.28. The number of Topliss-reactive ketones (excluding diaryl/α,β-unsaturated/α-hetero) is 1. The Hall–Kier alpha value is -2.17. The fourth-order valence-electron chi connectivity index (χ4n) is 7.18. The second kappa shape index (κ2) is 8.88. The van der Waals surface area contributed by atoms with Crippen molar-refractivity contribution in [1.29, 1.82) is 0 Å². The van der Waals surface area contributed by atoms with Gasteiger partial charge in [0.2, 0.25) is 0 Å². The zero-order chi connectivity index (χ0) is 23.2. The molecule has 4 heteroatoms. The molecule has 7 unspecified atom stereocenters. The zero-order valence-electron chi connectivity index (χ0n) is 20.1. The van der Waals surface area contributed by atoms with E-state index >= 15 is 0 Å². The summed E-state index contributed by atoms with van der Waals surface area (Å²) in [6.45, 7) is 4.90. The van der Waals surface area contributed by atoms with Crippen molar-refractivity contribution in [1.82, 2.24) is 5.32 Å². The Morgan fingerprint density at radius 3 is 2.73 bits per heavy atom. The third kappa shape index (κ3) is 3.91. The average Bonchev–Trinajstić information content (AvgIpc) is 3.12. The van der Waals surface area contributed by atoms with Crippen LogP contribution in [0.2, 0.25) is 0 Å². The van der Waals surface area contributed by atoms with E-state index in [0.29, 0.717) is 30.1 Å². The van der Waals surface area contributed by atoms with Gasteiger partial charge in [-0.2, -0.15) is 0 Å². The summed E-state index contributed by atoms with van der Waals surface area (Å²) < 4.78 is 5.45. The second-order valence-corrected chi connectivity index (χ2v) is 10.8. The zero-order valence-corrected chi connectivity index (χ0v) is 20.1. The summed E-state index contributed by atoms with van der Waals surface area (Å²) in [5.41, 5.74) is 3.64. The number of hydrogen-bond donors (Lipinski definition) is 2. The van der Waals surface area contributed by atoms with E-state index in [1.165, 1.54) is 17.5 Å². The topological polar surface area (TPSA) is 58.6 Å². The molecule has 0 saturated heterocycles. The van der Waals surface area contributed by atoms with Crippen LogP contribution in [0.1, 0.15) is 68.2 Å². The van der Waals surface area contributed by atoms with E-state index in [4.69, 9.17) is 4.74 Å². The van der Waals surface area contributed by atoms with Crippen molar-refractivity contribution < 1.29 is 14.6 Å². The van der Waals surface area contributed by atoms with E-state index in [1.807, 2.05) is 37.3 Å². The summed E-state index contributed by atoms with van der Waals surface area (Å²) in [5, 5.41) is 14.2. The van der Waals surface area contributed by atoms with Gasteiger partial charge in [-0.15, -0.1) is 0 Å². The summed E-state index contributed by atoms with van der Waals surface area (Å²) in [4.78, 5) is 13.6. The molecule has 2 saturated carbocycles. The van der Waals surface area contributed by atoms with Crippen molar-refractivity contribution in [2.24, 2.45) is 23.2 Å². The first-order valence-corrected chi connectivity index (χ1v) is 12.6. The van der Waals surface area contributed by atoms with Crippen LogP contribution in [-0.4, -0.2) is 30.6 Å². The molecule has 176 valence electrons. The van der Waals surface area contributed by atoms with Gasteiger partial charge in [-0.05, 0) is 85.6 Å². The lowest BCUT2D eigenvalue weighted by molar-refractivity contribution is -0.131. The lowest BCUT2D eigenvalue weighted by atomic mass is 9.55. The van der Waals surface area contributed by atoms with E-state index in [0.717, 1.165) is 37.0 Å². The highest BCUT2D eigenvalue weighted by Crippen LogP contribution is 2.60. The summed E-state index contributed by atoms with van der Waals surface area (Å²) in [6, 6.07) is 16.3. The van der Waals surface area contributed by atoms with Crippen LogP contribution in [0.3, 0.4) is 0 Å². The van der Waals surface area contributed by atoms with Crippen molar-refractivity contribution in [3.8, 4) is 5.75 Å². The van der Waals surface area contributed by atoms with E-state index < -0.39 is 6.10 Å². The molecule has 0 heterocycles. The molecule has 2 aromatic carbocycles. The Labute approximate surface area is 197 Å². The number of rotatable bonds is 6. The number of benzene rings is 2. The molecule has 33 heavy (non-hydrogen) atoms. The molecule has 2 aromatic rings. The predicted molar refractivity (Wildman–Crippen MR) is 130 cm³/mol. The number of carbonyl (C=O) groups is 1. The predicted octanol–water partition coefficient (Wildman–Crippen LogP) is 5.06. The number of ketones is 1. The van der Waals surface area contributed by atoms with Crippen LogP contribution in [0, 0.1) is 23.2 Å². The van der Waals surface area contributed by atoms with Crippen LogP contribution in [0.25, 0.3) is 0 Å². The van der Waals surface area contributed by atoms with Crippen molar-refractivity contribution in [2.75, 3.05) is 13.7 Å². The number of aryl methyl sites for hydroxylation is 1. The molecule has 4 nitrogen and oxygen atoms in total. The quantitative estimate of drug-likeness (QED) is 0.650. The van der Waals surface area contributed by atoms with E-state index in [9.17, 15) is 9.90 Å². The van der Waals surface area contributed by atoms with Crippen molar-refractivity contribution in [2.45, 2.75) is 64.0 Å². The van der Waals surface area contributed by atoms with Crippen LogP contribution in [0.4, 0.5) is 0 Å². The Morgan fingerprint density at radius 1 is 1.18 bits per heavy atom. The molecule has 3 aliphatic rings. The lowest BCUT2D eigenvalue weighted by Gasteiger charge is -2.48. The molecule has 0 amide bonds. The number of ether oxygens (including phenoxy) is 1. The van der Waals surface area contributed by atoms with Gasteiger partial charge < -0.3 is 15.2 Å². The van der Waals surface area contributed by atoms with Crippen LogP contribution < -0.4 is 10.1 Å². The van der Waals surface area contributed by atoms with Gasteiger partial charge in [-0.3, -0.25) is 4.79 Å². The number of hydrogen-bond acceptors (Lipinski definition) is 4. The summed E-state index contributed by atoms with van der Waals surface area (Å²) in [5.74, 6) is 3.05. The number of aliphatic hydroxyl groups excluding tert-OH is 1. The number of aliphatic hydroxyl groups is 1. The molecule has 0 aliphatic heterocycles. The monoisotopic (exact) mass is 447 g/mol. The normalized spacial score (nSPS) is 32.4. The third-order valence-corrected chi connectivity index (χ3v) is 9.10. The number of methoxy groups -OCH3 is 1. The summed E-state index contributed by atoms with van der Waals surface area (Å²) in [7, 11) is 1.73. The number of carbonyl (C=O) groups excluding carboxylic acids is 1. The largest absolute Gasteiger partial charge is 0.497 e. The summed E-state index contributed by atoms with van der Waals surface area (Å²) in [6.07, 6.45) is 4.74. The highest BCUT2D eigenvalue weighted by molar-refractivity contribution is 5.89. The summed E-state index contributed by atoms with van der Waals surface area (Å²) >= 11 is 0. The molecule has 2 fully saturated rings. The second-order valence-electron chi connectivity index (χ2n) is 10.8. The molecule has 5 rings (SSSR count). The minimum absolute atomic E-state index is 0.0430. The van der Waals surface area contributed by atoms with Crippen LogP contribution in [0.5, 0.6) is 5.75 Å². The maximum absolute atomic E-state index is 13.6. The van der Waals surface area contributed by atoms with Gasteiger partial charge in [0.15, 0.2) is 0 Å². The van der Waals surface area contributed by atoms with Crippen molar-refractivity contribution in [3.63, 3.8) is 0 Å². The van der Waals surface area contributed by atoms with E-state index in [-0.39, 0.29) is 17.4 Å². The molecular weight excluding hydrogens is 410 g/mol. The van der Waals surface area contributed by atoms with E-state index in [2.05, 4.69) is 30.4 Å². The van der Waals surface area contributed by atoms with Gasteiger partial charge in [-0.1, -0.05) is 43.3 Å². The first kappa shape index (κ1) is 22.6. The number of fused-ring (bicyclic) bond motifs is 5. The highest BCUT2D eigenvalue weighted by Gasteiger charge is 2.57. The minimum atomic E-state index is -0.572. The molecule has 3 aliphatic carbocycles. The minimum Gasteiger partial charge on any atom is -0.497 e. The smallest absolute Gasteiger partial charge is 0.143 e. The SMILES string of the molecule is COc1ccc2c(c1)CCC1C2CCC2(C)C(=O)C(CNC(C)C(O)c3ccccc3)CC12. The van der Waals surface area contributed by atoms with Gasteiger partial charge in [0, 0.05) is 23.9 Å². The first-order valence-electron chi connectivity index (χ1n) is 12.6. The van der Waals surface area contributed by atoms with Gasteiger partial charge in [0.25, 0.3) is 0 Å². The molecule has 0 aromatic heterocycles. The van der Waals surface area contributed by atoms with Gasteiger partial charge >= 0.3 is 0 Å². The molecule has 2 N–H and O–H groups in total. The van der Waals surface area contributed by atoms with Crippen LogP contribution in [0.15, 0.2) is 48.5 Å². The van der Waals surface area contributed by atoms with Gasteiger partial charge in [0.1, 0.15) is 11.5 Å². The third-order valence-electron chi connectivity index (χ3n) is 9.10. The maximum Gasteiger partial charge on any atom is 0.143 e. The van der Waals surface area contributed by atoms with Gasteiger partial charge in [-0.25, -0.2) is 0 Å². The lowest BCUT2D eigenvalue weighted by Crippen LogP contribution is -2.43. The average molecular weight is 448 g/mol. The Bertz CT molecular complexity index is 1010. The highest BCUT2D eigenvalue weighted by atomic mass is 16.5. The number of nitrogens with one attached hydrogen (secondary N) is 1. The van der Waals surface area contributed by atoms with Crippen molar-refractivity contribution >= 4 is 5.78 Å². The fraction of sp³-hybridized carbons (Fsp3) is 0.552. The molecule has 7 atom stereocenters. The van der Waals surface area contributed by atoms with Crippen LogP contribution in [-0.2, 0) is 11.2 Å². The maximum atomic E-state index is 13.6. The van der Waals surface area contributed by atoms with Crippen LogP contribution >= 0.6 is 0 Å². The first-order chi connectivity index (χ1) is 15.9. The molecule has 0 spiro atoms. The van der Waals surface area contributed by atoms with Gasteiger partial charge in [0.05, 0.1) is 13.2 Å². The standard InChI is InChI=1S/C29H37NO3/c1-18(27(31)19-7-5-4-6-8-19)30-17-21-16-26-25-11-9-20-15-22(33-3)10-12-23(20)24(25)13-14-29(26,2)28(21)32/h4-8,10,12,15,18,21,24-27,30-31H,9,11,13-14,16-17H2,1-3H3. The van der Waals surface area contributed by atoms with E-state index in [1.54, 1.807) is 7.11 Å². The fourth-order valence-corrected chi connectivity index (χ4v) is 7.18. The molecule has 0 bridgehead atoms. The Morgan fingerprint density at radius 2 is 1.97 bits per heavy atom.